The number of nitrogens with two attached hydrogens (primary N) is 1. The molecule has 0 saturated heterocycles. The van der Waals surface area contributed by atoms with E-state index in [4.69, 9.17) is 15.2 Å². The largest absolute Gasteiger partial charge is 0.354 e. The summed E-state index contributed by atoms with van der Waals surface area (Å²) in [5.74, 6) is 0. The maximum absolute atomic E-state index is 6.07. The van der Waals surface area contributed by atoms with Gasteiger partial charge in [-0.1, -0.05) is 45.0 Å². The fraction of sp³-hybridized carbons (Fsp3) is 0.571. The second kappa shape index (κ2) is 5.63. The van der Waals surface area contributed by atoms with Crippen molar-refractivity contribution in [2.75, 3.05) is 14.2 Å². The Morgan fingerprint density at radius 2 is 1.47 bits per heavy atom. The van der Waals surface area contributed by atoms with Crippen LogP contribution in [0.25, 0.3) is 0 Å². The van der Waals surface area contributed by atoms with Crippen LogP contribution in [0.3, 0.4) is 0 Å². The molecular weight excluding hydrogens is 214 g/mol. The lowest BCUT2D eigenvalue weighted by Gasteiger charge is -2.23. The van der Waals surface area contributed by atoms with E-state index in [1.165, 1.54) is 5.56 Å². The van der Waals surface area contributed by atoms with Gasteiger partial charge in [-0.05, 0) is 16.5 Å². The third kappa shape index (κ3) is 3.53. The first-order chi connectivity index (χ1) is 7.90. The molecule has 1 unspecified atom stereocenters. The van der Waals surface area contributed by atoms with E-state index in [0.717, 1.165) is 5.56 Å². The monoisotopic (exact) mass is 237 g/mol. The number of methoxy groups -OCH3 is 2. The fourth-order valence-electron chi connectivity index (χ4n) is 1.75. The zero-order valence-corrected chi connectivity index (χ0v) is 11.4. The molecule has 2 N–H and O–H groups in total. The first-order valence-electron chi connectivity index (χ1n) is 5.81. The standard InChI is InChI=1S/C14H23NO2/c1-14(2,3)11-8-6-10(7-9-11)12(15)13(16-4)17-5/h6-9,12-13H,15H2,1-5H3. The minimum Gasteiger partial charge on any atom is -0.354 e. The van der Waals surface area contributed by atoms with Crippen LogP contribution in [0.5, 0.6) is 0 Å². The normalized spacial score (nSPS) is 14.1. The van der Waals surface area contributed by atoms with Crippen LogP contribution < -0.4 is 5.73 Å². The molecule has 0 aromatic heterocycles. The fourth-order valence-corrected chi connectivity index (χ4v) is 1.75. The van der Waals surface area contributed by atoms with Crippen molar-refractivity contribution in [2.45, 2.75) is 38.5 Å². The quantitative estimate of drug-likeness (QED) is 0.819. The lowest BCUT2D eigenvalue weighted by molar-refractivity contribution is -0.117. The van der Waals surface area contributed by atoms with Crippen LogP contribution in [-0.4, -0.2) is 20.5 Å². The zero-order chi connectivity index (χ0) is 13.1. The van der Waals surface area contributed by atoms with Gasteiger partial charge in [0.25, 0.3) is 0 Å². The molecule has 17 heavy (non-hydrogen) atoms. The highest BCUT2D eigenvalue weighted by molar-refractivity contribution is 5.29. The molecule has 1 rings (SSSR count). The van der Waals surface area contributed by atoms with E-state index in [-0.39, 0.29) is 11.5 Å². The Morgan fingerprint density at radius 1 is 1.00 bits per heavy atom. The molecule has 0 radical (unpaired) electrons. The van der Waals surface area contributed by atoms with Gasteiger partial charge in [0.05, 0.1) is 6.04 Å². The van der Waals surface area contributed by atoms with Gasteiger partial charge < -0.3 is 15.2 Å². The molecule has 0 aliphatic carbocycles. The van der Waals surface area contributed by atoms with E-state index >= 15 is 0 Å². The minimum absolute atomic E-state index is 0.157. The van der Waals surface area contributed by atoms with Crippen LogP contribution in [0, 0.1) is 0 Å². The molecule has 0 amide bonds. The van der Waals surface area contributed by atoms with Gasteiger partial charge >= 0.3 is 0 Å². The summed E-state index contributed by atoms with van der Waals surface area (Å²) in [7, 11) is 3.19. The topological polar surface area (TPSA) is 44.5 Å². The average Bonchev–Trinajstić information content (AvgIpc) is 2.29. The van der Waals surface area contributed by atoms with Crippen molar-refractivity contribution >= 4 is 0 Å². The van der Waals surface area contributed by atoms with E-state index in [1.54, 1.807) is 14.2 Å². The maximum Gasteiger partial charge on any atom is 0.175 e. The van der Waals surface area contributed by atoms with Gasteiger partial charge in [-0.3, -0.25) is 0 Å². The molecule has 3 heteroatoms. The van der Waals surface area contributed by atoms with Crippen molar-refractivity contribution in [3.05, 3.63) is 35.4 Å². The molecule has 0 aliphatic heterocycles. The Bertz CT molecular complexity index is 336. The molecule has 0 aliphatic rings. The van der Waals surface area contributed by atoms with Crippen molar-refractivity contribution in [2.24, 2.45) is 5.73 Å². The Labute approximate surface area is 104 Å². The van der Waals surface area contributed by atoms with Gasteiger partial charge in [0, 0.05) is 14.2 Å². The van der Waals surface area contributed by atoms with Crippen molar-refractivity contribution in [1.82, 2.24) is 0 Å². The van der Waals surface area contributed by atoms with Crippen LogP contribution >= 0.6 is 0 Å². The summed E-state index contributed by atoms with van der Waals surface area (Å²) in [5, 5.41) is 0. The molecule has 0 fully saturated rings. The predicted molar refractivity (Wildman–Crippen MR) is 69.9 cm³/mol. The van der Waals surface area contributed by atoms with Crippen LogP contribution in [-0.2, 0) is 14.9 Å². The summed E-state index contributed by atoms with van der Waals surface area (Å²) < 4.78 is 10.3. The molecule has 1 aromatic rings. The predicted octanol–water partition coefficient (Wildman–Crippen LogP) is 2.60. The van der Waals surface area contributed by atoms with Gasteiger partial charge in [0.1, 0.15) is 0 Å². The van der Waals surface area contributed by atoms with Gasteiger partial charge in [-0.15, -0.1) is 0 Å². The second-order valence-electron chi connectivity index (χ2n) is 5.24. The molecule has 1 atom stereocenters. The summed E-state index contributed by atoms with van der Waals surface area (Å²) in [6.45, 7) is 6.57. The van der Waals surface area contributed by atoms with E-state index in [0.29, 0.717) is 0 Å². The van der Waals surface area contributed by atoms with Gasteiger partial charge in [-0.2, -0.15) is 0 Å². The SMILES string of the molecule is COC(OC)C(N)c1ccc(C(C)(C)C)cc1. The number of ether oxygens (including phenoxy) is 2. The van der Waals surface area contributed by atoms with Gasteiger partial charge in [0.15, 0.2) is 6.29 Å². The third-order valence-electron chi connectivity index (χ3n) is 2.92. The summed E-state index contributed by atoms with van der Waals surface area (Å²) in [5.41, 5.74) is 8.54. The van der Waals surface area contributed by atoms with Crippen LogP contribution in [0.4, 0.5) is 0 Å². The van der Waals surface area contributed by atoms with E-state index < -0.39 is 6.29 Å². The lowest BCUT2D eigenvalue weighted by Crippen LogP contribution is -2.29. The molecule has 0 spiro atoms. The van der Waals surface area contributed by atoms with Crippen LogP contribution in [0.15, 0.2) is 24.3 Å². The Hall–Kier alpha value is -0.900. The lowest BCUT2D eigenvalue weighted by atomic mass is 9.86. The van der Waals surface area contributed by atoms with Crippen LogP contribution in [0.2, 0.25) is 0 Å². The third-order valence-corrected chi connectivity index (χ3v) is 2.92. The number of hydrogen-bond donors (Lipinski definition) is 1. The molecule has 3 nitrogen and oxygen atoms in total. The Balaban J connectivity index is 2.87. The van der Waals surface area contributed by atoms with Crippen molar-refractivity contribution in [3.8, 4) is 0 Å². The van der Waals surface area contributed by atoms with Crippen molar-refractivity contribution < 1.29 is 9.47 Å². The number of hydrogen-bond acceptors (Lipinski definition) is 3. The summed E-state index contributed by atoms with van der Waals surface area (Å²) >= 11 is 0. The minimum atomic E-state index is -0.407. The highest BCUT2D eigenvalue weighted by atomic mass is 16.7. The van der Waals surface area contributed by atoms with E-state index in [9.17, 15) is 0 Å². The maximum atomic E-state index is 6.07. The second-order valence-corrected chi connectivity index (χ2v) is 5.24. The molecular formula is C14H23NO2. The molecule has 1 aromatic carbocycles. The Kier molecular flexibility index (Phi) is 4.69. The number of benzene rings is 1. The summed E-state index contributed by atoms with van der Waals surface area (Å²) in [4.78, 5) is 0. The molecule has 0 saturated carbocycles. The first kappa shape index (κ1) is 14.2. The summed E-state index contributed by atoms with van der Waals surface area (Å²) in [6.07, 6.45) is -0.407. The van der Waals surface area contributed by atoms with Crippen LogP contribution in [0.1, 0.15) is 37.9 Å². The van der Waals surface area contributed by atoms with Gasteiger partial charge in [-0.25, -0.2) is 0 Å². The number of rotatable bonds is 4. The highest BCUT2D eigenvalue weighted by Gasteiger charge is 2.19. The zero-order valence-electron chi connectivity index (χ0n) is 11.4. The van der Waals surface area contributed by atoms with Gasteiger partial charge in [0.2, 0.25) is 0 Å². The van der Waals surface area contributed by atoms with Crippen molar-refractivity contribution in [3.63, 3.8) is 0 Å². The van der Waals surface area contributed by atoms with E-state index in [1.807, 2.05) is 12.1 Å². The van der Waals surface area contributed by atoms with E-state index in [2.05, 4.69) is 32.9 Å². The molecule has 0 bridgehead atoms. The first-order valence-corrected chi connectivity index (χ1v) is 5.81. The molecule has 0 heterocycles. The average molecular weight is 237 g/mol. The smallest absolute Gasteiger partial charge is 0.175 e. The van der Waals surface area contributed by atoms with Crippen molar-refractivity contribution in [1.29, 1.82) is 0 Å². The molecule has 96 valence electrons. The summed E-state index contributed by atoms with van der Waals surface area (Å²) in [6, 6.07) is 8.03. The highest BCUT2D eigenvalue weighted by Crippen LogP contribution is 2.24. The Morgan fingerprint density at radius 3 is 1.82 bits per heavy atom.